The Morgan fingerprint density at radius 1 is 1.33 bits per heavy atom. The minimum atomic E-state index is -1.07. The smallest absolute Gasteiger partial charge is 0.325 e. The SMILES string of the molecule is CC(=O)N(C)CCCC=Cc1cccc(C(=O)NC(C)C(=O)O)c1. The van der Waals surface area contributed by atoms with E-state index in [2.05, 4.69) is 5.32 Å². The van der Waals surface area contributed by atoms with E-state index >= 15 is 0 Å². The van der Waals surface area contributed by atoms with Gasteiger partial charge in [0.05, 0.1) is 0 Å². The summed E-state index contributed by atoms with van der Waals surface area (Å²) in [5.74, 6) is -1.44. The van der Waals surface area contributed by atoms with Crippen LogP contribution >= 0.6 is 0 Å². The van der Waals surface area contributed by atoms with Gasteiger partial charge >= 0.3 is 5.97 Å². The Labute approximate surface area is 142 Å². The molecule has 24 heavy (non-hydrogen) atoms. The zero-order valence-electron chi connectivity index (χ0n) is 14.3. The second kappa shape index (κ2) is 9.50. The molecule has 1 rings (SSSR count). The summed E-state index contributed by atoms with van der Waals surface area (Å²) in [7, 11) is 1.77. The highest BCUT2D eigenvalue weighted by atomic mass is 16.4. The molecule has 1 aromatic rings. The van der Waals surface area contributed by atoms with Crippen molar-refractivity contribution in [2.45, 2.75) is 32.7 Å². The van der Waals surface area contributed by atoms with E-state index in [-0.39, 0.29) is 5.91 Å². The monoisotopic (exact) mass is 332 g/mol. The van der Waals surface area contributed by atoms with Crippen molar-refractivity contribution in [1.82, 2.24) is 10.2 Å². The second-order valence-electron chi connectivity index (χ2n) is 5.64. The van der Waals surface area contributed by atoms with Crippen molar-refractivity contribution in [2.75, 3.05) is 13.6 Å². The van der Waals surface area contributed by atoms with Crippen molar-refractivity contribution in [3.05, 3.63) is 41.5 Å². The second-order valence-corrected chi connectivity index (χ2v) is 5.64. The Bertz CT molecular complexity index is 625. The Hall–Kier alpha value is -2.63. The number of nitrogens with one attached hydrogen (secondary N) is 1. The van der Waals surface area contributed by atoms with Crippen LogP contribution in [0.15, 0.2) is 30.3 Å². The van der Waals surface area contributed by atoms with E-state index in [1.807, 2.05) is 18.2 Å². The summed E-state index contributed by atoms with van der Waals surface area (Å²) in [4.78, 5) is 35.5. The number of nitrogens with zero attached hydrogens (tertiary/aromatic N) is 1. The van der Waals surface area contributed by atoms with Gasteiger partial charge in [-0.05, 0) is 37.5 Å². The maximum absolute atomic E-state index is 12.0. The van der Waals surface area contributed by atoms with Gasteiger partial charge in [0.15, 0.2) is 0 Å². The van der Waals surface area contributed by atoms with Crippen molar-refractivity contribution in [1.29, 1.82) is 0 Å². The van der Waals surface area contributed by atoms with Gasteiger partial charge in [-0.1, -0.05) is 24.3 Å². The summed E-state index contributed by atoms with van der Waals surface area (Å²) in [5.41, 5.74) is 1.28. The molecular weight excluding hydrogens is 308 g/mol. The lowest BCUT2D eigenvalue weighted by molar-refractivity contribution is -0.138. The van der Waals surface area contributed by atoms with Crippen LogP contribution in [0.1, 0.15) is 42.6 Å². The van der Waals surface area contributed by atoms with E-state index in [9.17, 15) is 14.4 Å². The third kappa shape index (κ3) is 6.64. The molecule has 2 amide bonds. The Kier molecular flexibility index (Phi) is 7.68. The minimum Gasteiger partial charge on any atom is -0.480 e. The number of unbranched alkanes of at least 4 members (excludes halogenated alkanes) is 1. The number of rotatable bonds is 8. The van der Waals surface area contributed by atoms with Gasteiger partial charge in [-0.3, -0.25) is 14.4 Å². The van der Waals surface area contributed by atoms with Crippen molar-refractivity contribution in [3.63, 3.8) is 0 Å². The van der Waals surface area contributed by atoms with Crippen LogP contribution in [0.5, 0.6) is 0 Å². The van der Waals surface area contributed by atoms with E-state index in [0.717, 1.165) is 18.4 Å². The molecule has 0 aliphatic carbocycles. The van der Waals surface area contributed by atoms with Gasteiger partial charge in [-0.2, -0.15) is 0 Å². The van der Waals surface area contributed by atoms with Crippen molar-refractivity contribution in [2.24, 2.45) is 0 Å². The maximum atomic E-state index is 12.0. The Morgan fingerprint density at radius 2 is 2.04 bits per heavy atom. The quantitative estimate of drug-likeness (QED) is 0.714. The zero-order chi connectivity index (χ0) is 18.1. The standard InChI is InChI=1S/C18H24N2O4/c1-13(18(23)24)19-17(22)16-10-7-9-15(12-16)8-5-4-6-11-20(3)14(2)21/h5,7-10,12-13H,4,6,11H2,1-3H3,(H,19,22)(H,23,24). The van der Waals surface area contributed by atoms with E-state index < -0.39 is 17.9 Å². The predicted octanol–water partition coefficient (Wildman–Crippen LogP) is 2.16. The molecule has 6 heteroatoms. The lowest BCUT2D eigenvalue weighted by atomic mass is 10.1. The van der Waals surface area contributed by atoms with Crippen LogP contribution < -0.4 is 5.32 Å². The molecule has 0 spiro atoms. The molecule has 0 aromatic heterocycles. The number of hydrogen-bond donors (Lipinski definition) is 2. The number of aliphatic carboxylic acids is 1. The fourth-order valence-corrected chi connectivity index (χ4v) is 1.95. The highest BCUT2D eigenvalue weighted by Gasteiger charge is 2.15. The molecule has 0 aliphatic rings. The molecule has 0 heterocycles. The number of benzene rings is 1. The molecule has 0 radical (unpaired) electrons. The fourth-order valence-electron chi connectivity index (χ4n) is 1.95. The van der Waals surface area contributed by atoms with Crippen molar-refractivity contribution < 1.29 is 19.5 Å². The molecular formula is C18H24N2O4. The van der Waals surface area contributed by atoms with Crippen LogP contribution in [0.2, 0.25) is 0 Å². The van der Waals surface area contributed by atoms with E-state index in [1.54, 1.807) is 30.1 Å². The molecule has 0 aliphatic heterocycles. The molecule has 2 N–H and O–H groups in total. The summed E-state index contributed by atoms with van der Waals surface area (Å²) in [5, 5.41) is 11.2. The first kappa shape index (κ1) is 19.4. The topological polar surface area (TPSA) is 86.7 Å². The number of allylic oxidation sites excluding steroid dienone is 1. The van der Waals surface area contributed by atoms with Crippen LogP contribution in [0, 0.1) is 0 Å². The molecule has 6 nitrogen and oxygen atoms in total. The van der Waals surface area contributed by atoms with Crippen molar-refractivity contribution >= 4 is 23.9 Å². The normalized spacial score (nSPS) is 12.0. The molecule has 0 saturated carbocycles. The summed E-state index contributed by atoms with van der Waals surface area (Å²) < 4.78 is 0. The number of carboxylic acids is 1. The van der Waals surface area contributed by atoms with E-state index in [4.69, 9.17) is 5.11 Å². The van der Waals surface area contributed by atoms with Gasteiger partial charge in [0, 0.05) is 26.1 Å². The predicted molar refractivity (Wildman–Crippen MR) is 92.6 cm³/mol. The molecule has 1 atom stereocenters. The number of amides is 2. The molecule has 1 unspecified atom stereocenters. The summed E-state index contributed by atoms with van der Waals surface area (Å²) >= 11 is 0. The molecule has 1 aromatic carbocycles. The van der Waals surface area contributed by atoms with Gasteiger partial charge in [0.25, 0.3) is 5.91 Å². The largest absolute Gasteiger partial charge is 0.480 e. The average molecular weight is 332 g/mol. The van der Waals surface area contributed by atoms with E-state index in [0.29, 0.717) is 12.1 Å². The first-order chi connectivity index (χ1) is 11.3. The lowest BCUT2D eigenvalue weighted by Crippen LogP contribution is -2.38. The summed E-state index contributed by atoms with van der Waals surface area (Å²) in [6.45, 7) is 3.66. The van der Waals surface area contributed by atoms with Crippen molar-refractivity contribution in [3.8, 4) is 0 Å². The van der Waals surface area contributed by atoms with Crippen LogP contribution in [-0.2, 0) is 9.59 Å². The summed E-state index contributed by atoms with van der Waals surface area (Å²) in [6, 6.07) is 6.04. The number of carbonyl (C=O) groups excluding carboxylic acids is 2. The summed E-state index contributed by atoms with van der Waals surface area (Å²) in [6.07, 6.45) is 5.59. The van der Waals surface area contributed by atoms with Crippen LogP contribution in [0.3, 0.4) is 0 Å². The van der Waals surface area contributed by atoms with Gasteiger partial charge in [-0.25, -0.2) is 0 Å². The van der Waals surface area contributed by atoms with E-state index in [1.165, 1.54) is 13.8 Å². The minimum absolute atomic E-state index is 0.0493. The number of carbonyl (C=O) groups is 3. The molecule has 0 bridgehead atoms. The lowest BCUT2D eigenvalue weighted by Gasteiger charge is -2.13. The fraction of sp³-hybridized carbons (Fsp3) is 0.389. The first-order valence-electron chi connectivity index (χ1n) is 7.83. The number of hydrogen-bond acceptors (Lipinski definition) is 3. The molecule has 0 saturated heterocycles. The number of carboxylic acid groups (broad SMARTS) is 1. The van der Waals surface area contributed by atoms with Gasteiger partial charge in [0.2, 0.25) is 5.91 Å². The van der Waals surface area contributed by atoms with Gasteiger partial charge in [-0.15, -0.1) is 0 Å². The van der Waals surface area contributed by atoms with Crippen LogP contribution in [0.25, 0.3) is 6.08 Å². The molecule has 130 valence electrons. The van der Waals surface area contributed by atoms with Crippen LogP contribution in [-0.4, -0.2) is 47.4 Å². The zero-order valence-corrected chi connectivity index (χ0v) is 14.3. The van der Waals surface area contributed by atoms with Gasteiger partial charge in [0.1, 0.15) is 6.04 Å². The highest BCUT2D eigenvalue weighted by molar-refractivity contribution is 5.96. The molecule has 0 fully saturated rings. The third-order valence-corrected chi connectivity index (χ3v) is 3.58. The highest BCUT2D eigenvalue weighted by Crippen LogP contribution is 2.09. The van der Waals surface area contributed by atoms with Gasteiger partial charge < -0.3 is 15.3 Å². The van der Waals surface area contributed by atoms with Crippen LogP contribution in [0.4, 0.5) is 0 Å². The third-order valence-electron chi connectivity index (χ3n) is 3.58. The Morgan fingerprint density at radius 3 is 2.67 bits per heavy atom. The Balaban J connectivity index is 2.56. The maximum Gasteiger partial charge on any atom is 0.325 e. The average Bonchev–Trinajstić information content (AvgIpc) is 2.54. The first-order valence-corrected chi connectivity index (χ1v) is 7.83.